The van der Waals surface area contributed by atoms with Crippen LogP contribution in [0.25, 0.3) is 11.4 Å². The summed E-state index contributed by atoms with van der Waals surface area (Å²) in [5.74, 6) is 2.23. The molecule has 1 aromatic carbocycles. The first kappa shape index (κ1) is 18.8. The van der Waals surface area contributed by atoms with Crippen LogP contribution >= 0.6 is 23.2 Å². The maximum atomic E-state index is 6.67. The van der Waals surface area contributed by atoms with Crippen molar-refractivity contribution >= 4 is 34.8 Å². The third kappa shape index (κ3) is 3.93. The molecule has 2 rings (SSSR count). The van der Waals surface area contributed by atoms with E-state index < -0.39 is 0 Å². The molecule has 0 aliphatic carbocycles. The molecule has 130 valence electrons. The van der Waals surface area contributed by atoms with Crippen LogP contribution in [-0.4, -0.2) is 36.1 Å². The van der Waals surface area contributed by atoms with E-state index in [9.17, 15) is 0 Å². The van der Waals surface area contributed by atoms with E-state index in [-0.39, 0.29) is 0 Å². The largest absolute Gasteiger partial charge is 0.356 e. The third-order valence-corrected chi connectivity index (χ3v) is 4.63. The van der Waals surface area contributed by atoms with Crippen molar-refractivity contribution in [1.29, 1.82) is 0 Å². The van der Waals surface area contributed by atoms with E-state index in [4.69, 9.17) is 33.2 Å². The Morgan fingerprint density at radius 2 is 1.17 bits per heavy atom. The first-order valence-corrected chi connectivity index (χ1v) is 9.14. The zero-order valence-corrected chi connectivity index (χ0v) is 16.2. The van der Waals surface area contributed by atoms with Gasteiger partial charge >= 0.3 is 0 Å². The fourth-order valence-electron chi connectivity index (χ4n) is 2.62. The first-order valence-electron chi connectivity index (χ1n) is 8.38. The molecule has 0 radical (unpaired) electrons. The summed E-state index contributed by atoms with van der Waals surface area (Å²) in [5, 5.41) is 1.31. The summed E-state index contributed by atoms with van der Waals surface area (Å²) in [7, 11) is 0. The molecule has 0 aliphatic rings. The molecule has 4 nitrogen and oxygen atoms in total. The Bertz CT molecular complexity index is 632. The van der Waals surface area contributed by atoms with Gasteiger partial charge in [0.05, 0.1) is 0 Å². The van der Waals surface area contributed by atoms with Crippen LogP contribution < -0.4 is 9.80 Å². The molecule has 0 saturated carbocycles. The number of halogens is 2. The maximum Gasteiger partial charge on any atom is 0.163 e. The second-order valence-electron chi connectivity index (χ2n) is 5.36. The van der Waals surface area contributed by atoms with E-state index in [1.54, 1.807) is 0 Å². The zero-order valence-electron chi connectivity index (χ0n) is 14.7. The Morgan fingerprint density at radius 1 is 0.750 bits per heavy atom. The summed E-state index contributed by atoms with van der Waals surface area (Å²) in [6.07, 6.45) is 0. The first-order chi connectivity index (χ1) is 11.5. The summed E-state index contributed by atoms with van der Waals surface area (Å²) in [4.78, 5) is 13.8. The van der Waals surface area contributed by atoms with Gasteiger partial charge in [-0.2, -0.15) is 0 Å². The number of nitrogens with zero attached hydrogens (tertiary/aromatic N) is 4. The van der Waals surface area contributed by atoms with Crippen LogP contribution in [0.5, 0.6) is 0 Å². The third-order valence-electron chi connectivity index (χ3n) is 4.04. The average molecular weight is 367 g/mol. The van der Waals surface area contributed by atoms with Gasteiger partial charge in [0.15, 0.2) is 17.5 Å². The SMILES string of the molecule is CCN(CC)c1nc(-c2ccc(Cl)cc2)nc(N(CC)CC)c1Cl. The highest BCUT2D eigenvalue weighted by atomic mass is 35.5. The lowest BCUT2D eigenvalue weighted by atomic mass is 10.2. The van der Waals surface area contributed by atoms with Crippen LogP contribution in [0.15, 0.2) is 24.3 Å². The highest BCUT2D eigenvalue weighted by Crippen LogP contribution is 2.34. The topological polar surface area (TPSA) is 32.3 Å². The van der Waals surface area contributed by atoms with Crippen molar-refractivity contribution in [2.24, 2.45) is 0 Å². The van der Waals surface area contributed by atoms with Crippen LogP contribution in [0.2, 0.25) is 10.0 Å². The van der Waals surface area contributed by atoms with Gasteiger partial charge in [0.1, 0.15) is 5.02 Å². The lowest BCUT2D eigenvalue weighted by molar-refractivity contribution is 0.820. The van der Waals surface area contributed by atoms with Crippen LogP contribution in [0.4, 0.5) is 11.6 Å². The summed E-state index contributed by atoms with van der Waals surface area (Å²) >= 11 is 12.7. The Hall–Kier alpha value is -1.52. The second-order valence-corrected chi connectivity index (χ2v) is 6.17. The molecule has 0 saturated heterocycles. The van der Waals surface area contributed by atoms with Gasteiger partial charge in [-0.05, 0) is 52.0 Å². The molecule has 0 amide bonds. The molecule has 0 aliphatic heterocycles. The van der Waals surface area contributed by atoms with E-state index in [2.05, 4.69) is 37.5 Å². The van der Waals surface area contributed by atoms with Gasteiger partial charge in [0.2, 0.25) is 0 Å². The number of anilines is 2. The van der Waals surface area contributed by atoms with Crippen molar-refractivity contribution in [1.82, 2.24) is 9.97 Å². The zero-order chi connectivity index (χ0) is 17.7. The molecule has 1 aromatic heterocycles. The van der Waals surface area contributed by atoms with Gasteiger partial charge < -0.3 is 9.80 Å². The fourth-order valence-corrected chi connectivity index (χ4v) is 3.07. The van der Waals surface area contributed by atoms with E-state index in [0.29, 0.717) is 15.9 Å². The molecular weight excluding hydrogens is 343 g/mol. The molecule has 0 N–H and O–H groups in total. The molecule has 0 fully saturated rings. The maximum absolute atomic E-state index is 6.67. The number of rotatable bonds is 7. The van der Waals surface area contributed by atoms with Gasteiger partial charge in [0.25, 0.3) is 0 Å². The minimum Gasteiger partial charge on any atom is -0.356 e. The Kier molecular flexibility index (Phi) is 6.69. The number of aromatic nitrogens is 2. The van der Waals surface area contributed by atoms with Crippen LogP contribution in [0.3, 0.4) is 0 Å². The molecule has 1 heterocycles. The molecule has 0 unspecified atom stereocenters. The van der Waals surface area contributed by atoms with Crippen LogP contribution in [0.1, 0.15) is 27.7 Å². The fraction of sp³-hybridized carbons (Fsp3) is 0.444. The van der Waals surface area contributed by atoms with Crippen molar-refractivity contribution in [3.63, 3.8) is 0 Å². The number of benzene rings is 1. The highest BCUT2D eigenvalue weighted by molar-refractivity contribution is 6.35. The standard InChI is InChI=1S/C18H24Cl2N4/c1-5-23(6-2)17-15(20)18(24(7-3)8-4)22-16(21-17)13-9-11-14(19)12-10-13/h9-12H,5-8H2,1-4H3. The summed E-state index contributed by atoms with van der Waals surface area (Å²) in [6, 6.07) is 7.57. The van der Waals surface area contributed by atoms with Gasteiger partial charge in [-0.15, -0.1) is 0 Å². The van der Waals surface area contributed by atoms with Crippen molar-refractivity contribution < 1.29 is 0 Å². The van der Waals surface area contributed by atoms with Crippen LogP contribution in [-0.2, 0) is 0 Å². The van der Waals surface area contributed by atoms with E-state index >= 15 is 0 Å². The summed E-state index contributed by atoms with van der Waals surface area (Å²) in [5.41, 5.74) is 0.929. The molecule has 0 spiro atoms. The van der Waals surface area contributed by atoms with Gasteiger partial charge in [0, 0.05) is 36.8 Å². The monoisotopic (exact) mass is 366 g/mol. The molecule has 0 bridgehead atoms. The normalized spacial score (nSPS) is 10.8. The lowest BCUT2D eigenvalue weighted by Gasteiger charge is -2.27. The number of hydrogen-bond acceptors (Lipinski definition) is 4. The van der Waals surface area contributed by atoms with E-state index in [1.807, 2.05) is 24.3 Å². The van der Waals surface area contributed by atoms with E-state index in [1.165, 1.54) is 0 Å². The highest BCUT2D eigenvalue weighted by Gasteiger charge is 2.20. The van der Waals surface area contributed by atoms with Gasteiger partial charge in [-0.1, -0.05) is 23.2 Å². The molecule has 24 heavy (non-hydrogen) atoms. The Labute approximate surface area is 154 Å². The molecule has 0 atom stereocenters. The predicted octanol–water partition coefficient (Wildman–Crippen LogP) is 5.14. The smallest absolute Gasteiger partial charge is 0.163 e. The second kappa shape index (κ2) is 8.54. The molecule has 2 aromatic rings. The van der Waals surface area contributed by atoms with Crippen molar-refractivity contribution in [3.8, 4) is 11.4 Å². The quantitative estimate of drug-likeness (QED) is 0.678. The Morgan fingerprint density at radius 3 is 1.54 bits per heavy atom. The lowest BCUT2D eigenvalue weighted by Crippen LogP contribution is -2.27. The predicted molar refractivity (Wildman–Crippen MR) is 105 cm³/mol. The van der Waals surface area contributed by atoms with Gasteiger partial charge in [-0.25, -0.2) is 9.97 Å². The minimum absolute atomic E-state index is 0.611. The molecule has 6 heteroatoms. The number of hydrogen-bond donors (Lipinski definition) is 0. The molecular formula is C18H24Cl2N4. The van der Waals surface area contributed by atoms with Crippen LogP contribution in [0, 0.1) is 0 Å². The minimum atomic E-state index is 0.611. The summed E-state index contributed by atoms with van der Waals surface area (Å²) in [6.45, 7) is 11.7. The average Bonchev–Trinajstić information content (AvgIpc) is 2.60. The van der Waals surface area contributed by atoms with Crippen molar-refractivity contribution in [2.45, 2.75) is 27.7 Å². The van der Waals surface area contributed by atoms with Gasteiger partial charge in [-0.3, -0.25) is 0 Å². The van der Waals surface area contributed by atoms with Crippen molar-refractivity contribution in [3.05, 3.63) is 34.3 Å². The Balaban J connectivity index is 2.64. The summed E-state index contributed by atoms with van der Waals surface area (Å²) < 4.78 is 0. The van der Waals surface area contributed by atoms with Crippen molar-refractivity contribution in [2.75, 3.05) is 36.0 Å². The van der Waals surface area contributed by atoms with E-state index in [0.717, 1.165) is 43.4 Å².